The Hall–Kier alpha value is -1.20. The first-order valence-corrected chi connectivity index (χ1v) is 7.46. The lowest BCUT2D eigenvalue weighted by atomic mass is 10.1. The molecule has 0 bridgehead atoms. The molecular weight excluding hydrogens is 345 g/mol. The monoisotopic (exact) mass is 357 g/mol. The van der Waals surface area contributed by atoms with Crippen molar-refractivity contribution in [3.63, 3.8) is 0 Å². The molecule has 6 heteroatoms. The van der Waals surface area contributed by atoms with Crippen molar-refractivity contribution in [1.29, 1.82) is 0 Å². The van der Waals surface area contributed by atoms with E-state index >= 15 is 0 Å². The van der Waals surface area contributed by atoms with E-state index in [4.69, 9.17) is 11.6 Å². The number of aromatic nitrogens is 2. The first kappa shape index (κ1) is 15.2. The molecule has 3 nitrogen and oxygen atoms in total. The highest BCUT2D eigenvalue weighted by molar-refractivity contribution is 9.10. The smallest absolute Gasteiger partial charge is 0.137 e. The lowest BCUT2D eigenvalue weighted by Gasteiger charge is -2.12. The minimum atomic E-state index is -0.264. The van der Waals surface area contributed by atoms with Gasteiger partial charge in [-0.1, -0.05) is 40.9 Å². The third-order valence-corrected chi connectivity index (χ3v) is 3.95. The molecule has 0 unspecified atom stereocenters. The van der Waals surface area contributed by atoms with E-state index in [0.29, 0.717) is 17.5 Å². The quantitative estimate of drug-likeness (QED) is 0.794. The summed E-state index contributed by atoms with van der Waals surface area (Å²) >= 11 is 9.49. The molecule has 20 heavy (non-hydrogen) atoms. The highest BCUT2D eigenvalue weighted by Gasteiger charge is 2.09. The van der Waals surface area contributed by atoms with Crippen molar-refractivity contribution < 1.29 is 4.39 Å². The van der Waals surface area contributed by atoms with Crippen molar-refractivity contribution in [2.75, 3.05) is 5.32 Å². The van der Waals surface area contributed by atoms with E-state index < -0.39 is 0 Å². The van der Waals surface area contributed by atoms with Crippen molar-refractivity contribution in [2.24, 2.45) is 0 Å². The van der Waals surface area contributed by atoms with Crippen LogP contribution in [0.4, 0.5) is 10.2 Å². The van der Waals surface area contributed by atoms with Gasteiger partial charge in [-0.3, -0.25) is 0 Å². The largest absolute Gasteiger partial charge is 0.366 e. The molecule has 1 N–H and O–H groups in total. The zero-order chi connectivity index (χ0) is 14.5. The maximum Gasteiger partial charge on any atom is 0.137 e. The van der Waals surface area contributed by atoms with E-state index in [9.17, 15) is 4.39 Å². The average Bonchev–Trinajstić information content (AvgIpc) is 2.43. The summed E-state index contributed by atoms with van der Waals surface area (Å²) in [6.45, 7) is 2.53. The topological polar surface area (TPSA) is 37.8 Å². The Morgan fingerprint density at radius 3 is 2.90 bits per heavy atom. The summed E-state index contributed by atoms with van der Waals surface area (Å²) in [5, 5.41) is 3.65. The summed E-state index contributed by atoms with van der Waals surface area (Å²) in [6, 6.07) is 4.59. The first-order valence-electron chi connectivity index (χ1n) is 6.29. The number of hydrogen-bond donors (Lipinski definition) is 1. The van der Waals surface area contributed by atoms with Crippen LogP contribution in [0.25, 0.3) is 0 Å². The second-order valence-corrected chi connectivity index (χ2v) is 5.54. The Kier molecular flexibility index (Phi) is 5.31. The highest BCUT2D eigenvalue weighted by atomic mass is 79.9. The summed E-state index contributed by atoms with van der Waals surface area (Å²) < 4.78 is 14.1. The second kappa shape index (κ2) is 6.99. The summed E-state index contributed by atoms with van der Waals surface area (Å²) in [4.78, 5) is 8.20. The molecule has 1 heterocycles. The SMILES string of the molecule is CCCc1c(Cl)ncnc1NCc1cc(F)ccc1Br. The van der Waals surface area contributed by atoms with Crippen molar-refractivity contribution in [2.45, 2.75) is 26.3 Å². The van der Waals surface area contributed by atoms with Crippen LogP contribution in [0.2, 0.25) is 5.15 Å². The van der Waals surface area contributed by atoms with Crippen molar-refractivity contribution >= 4 is 33.3 Å². The van der Waals surface area contributed by atoms with Crippen molar-refractivity contribution in [3.05, 3.63) is 51.1 Å². The second-order valence-electron chi connectivity index (χ2n) is 4.33. The number of halogens is 3. The molecule has 0 spiro atoms. The van der Waals surface area contributed by atoms with Gasteiger partial charge in [0.05, 0.1) is 0 Å². The van der Waals surface area contributed by atoms with Gasteiger partial charge in [-0.25, -0.2) is 14.4 Å². The summed E-state index contributed by atoms with van der Waals surface area (Å²) in [5.41, 5.74) is 1.71. The minimum Gasteiger partial charge on any atom is -0.366 e. The van der Waals surface area contributed by atoms with Crippen LogP contribution < -0.4 is 5.32 Å². The molecule has 0 aliphatic rings. The van der Waals surface area contributed by atoms with Crippen LogP contribution >= 0.6 is 27.5 Å². The summed E-state index contributed by atoms with van der Waals surface area (Å²) in [6.07, 6.45) is 3.17. The van der Waals surface area contributed by atoms with Crippen LogP contribution in [-0.2, 0) is 13.0 Å². The van der Waals surface area contributed by atoms with Crippen LogP contribution in [0.3, 0.4) is 0 Å². The fourth-order valence-electron chi connectivity index (χ4n) is 1.87. The zero-order valence-electron chi connectivity index (χ0n) is 11.0. The van der Waals surface area contributed by atoms with E-state index in [1.165, 1.54) is 18.5 Å². The number of rotatable bonds is 5. The van der Waals surface area contributed by atoms with Crippen molar-refractivity contribution in [1.82, 2.24) is 9.97 Å². The van der Waals surface area contributed by atoms with Crippen LogP contribution in [0, 0.1) is 5.82 Å². The Morgan fingerprint density at radius 1 is 1.35 bits per heavy atom. The van der Waals surface area contributed by atoms with E-state index in [-0.39, 0.29) is 5.82 Å². The molecule has 0 aliphatic carbocycles. The number of anilines is 1. The Labute approximate surface area is 130 Å². The van der Waals surface area contributed by atoms with E-state index in [0.717, 1.165) is 28.4 Å². The van der Waals surface area contributed by atoms with Gasteiger partial charge in [0.15, 0.2) is 0 Å². The minimum absolute atomic E-state index is 0.264. The third kappa shape index (κ3) is 3.67. The van der Waals surface area contributed by atoms with Gasteiger partial charge in [-0.2, -0.15) is 0 Å². The Balaban J connectivity index is 2.18. The van der Waals surface area contributed by atoms with E-state index in [1.54, 1.807) is 6.07 Å². The zero-order valence-corrected chi connectivity index (χ0v) is 13.3. The standard InChI is InChI=1S/C14H14BrClFN3/c1-2-3-11-13(16)19-8-20-14(11)18-7-9-6-10(17)4-5-12(9)15/h4-6,8H,2-3,7H2,1H3,(H,18,19,20). The molecule has 2 rings (SSSR count). The van der Waals surface area contributed by atoms with Gasteiger partial charge >= 0.3 is 0 Å². The molecule has 106 valence electrons. The van der Waals surface area contributed by atoms with Crippen molar-refractivity contribution in [3.8, 4) is 0 Å². The number of nitrogens with zero attached hydrogens (tertiary/aromatic N) is 2. The maximum atomic E-state index is 13.2. The van der Waals surface area contributed by atoms with Crippen LogP contribution in [0.1, 0.15) is 24.5 Å². The Bertz CT molecular complexity index is 607. The average molecular weight is 359 g/mol. The molecule has 0 amide bonds. The molecule has 0 saturated heterocycles. The molecule has 0 aliphatic heterocycles. The van der Waals surface area contributed by atoms with Gasteiger partial charge in [0, 0.05) is 16.6 Å². The first-order chi connectivity index (χ1) is 9.61. The van der Waals surface area contributed by atoms with Gasteiger partial charge in [0.2, 0.25) is 0 Å². The molecule has 0 atom stereocenters. The Morgan fingerprint density at radius 2 is 2.15 bits per heavy atom. The lowest BCUT2D eigenvalue weighted by Crippen LogP contribution is -2.06. The van der Waals surface area contributed by atoms with Gasteiger partial charge in [0.1, 0.15) is 23.1 Å². The number of benzene rings is 1. The molecular formula is C14H14BrClFN3. The normalized spacial score (nSPS) is 10.6. The van der Waals surface area contributed by atoms with Crippen LogP contribution in [-0.4, -0.2) is 9.97 Å². The fourth-order valence-corrected chi connectivity index (χ4v) is 2.49. The molecule has 0 saturated carbocycles. The van der Waals surface area contributed by atoms with Crippen LogP contribution in [0.15, 0.2) is 29.0 Å². The van der Waals surface area contributed by atoms with Gasteiger partial charge in [0.25, 0.3) is 0 Å². The van der Waals surface area contributed by atoms with Gasteiger partial charge in [-0.05, 0) is 30.2 Å². The molecule has 1 aromatic carbocycles. The third-order valence-electron chi connectivity index (χ3n) is 2.85. The van der Waals surface area contributed by atoms with Crippen LogP contribution in [0.5, 0.6) is 0 Å². The molecule has 0 fully saturated rings. The molecule has 1 aromatic heterocycles. The summed E-state index contributed by atoms with van der Waals surface area (Å²) in [5.74, 6) is 0.433. The summed E-state index contributed by atoms with van der Waals surface area (Å²) in [7, 11) is 0. The fraction of sp³-hybridized carbons (Fsp3) is 0.286. The maximum absolute atomic E-state index is 13.2. The van der Waals surface area contributed by atoms with Gasteiger partial charge in [-0.15, -0.1) is 0 Å². The lowest BCUT2D eigenvalue weighted by molar-refractivity contribution is 0.625. The van der Waals surface area contributed by atoms with E-state index in [2.05, 4.69) is 38.1 Å². The molecule has 0 radical (unpaired) electrons. The predicted molar refractivity (Wildman–Crippen MR) is 82.5 cm³/mol. The predicted octanol–water partition coefficient (Wildman–Crippen LogP) is 4.60. The number of hydrogen-bond acceptors (Lipinski definition) is 3. The number of nitrogens with one attached hydrogen (secondary N) is 1. The highest BCUT2D eigenvalue weighted by Crippen LogP contribution is 2.23. The molecule has 2 aromatic rings. The van der Waals surface area contributed by atoms with E-state index in [1.807, 2.05) is 0 Å². The van der Waals surface area contributed by atoms with Gasteiger partial charge < -0.3 is 5.32 Å².